The van der Waals surface area contributed by atoms with Crippen LogP contribution in [0.3, 0.4) is 0 Å². The van der Waals surface area contributed by atoms with Gasteiger partial charge in [0.1, 0.15) is 0 Å². The van der Waals surface area contributed by atoms with E-state index in [0.29, 0.717) is 8.58 Å². The summed E-state index contributed by atoms with van der Waals surface area (Å²) < 4.78 is 0. The van der Waals surface area contributed by atoms with E-state index in [-0.39, 0.29) is 5.16 Å². The van der Waals surface area contributed by atoms with E-state index in [1.807, 2.05) is 5.82 Å². The van der Waals surface area contributed by atoms with Gasteiger partial charge < -0.3 is 0 Å². The van der Waals surface area contributed by atoms with Gasteiger partial charge in [-0.3, -0.25) is 0 Å². The molecular weight excluding hydrogens is 283 g/mol. The molecule has 3 aromatic rings. The minimum absolute atomic E-state index is 0.161. The molecule has 0 amide bonds. The summed E-state index contributed by atoms with van der Waals surface area (Å²) in [5.41, 5.74) is 3.93. The van der Waals surface area contributed by atoms with E-state index in [9.17, 15) is 0 Å². The Morgan fingerprint density at radius 2 is 0.909 bits per heavy atom. The summed E-state index contributed by atoms with van der Waals surface area (Å²) in [5.74, 6) is 2.05. The average molecular weight is 302 g/mol. The highest BCUT2D eigenvalue weighted by Gasteiger charge is 2.34. The lowest BCUT2D eigenvalue weighted by molar-refractivity contribution is 0.891. The molecule has 0 radical (unpaired) electrons. The van der Waals surface area contributed by atoms with E-state index >= 15 is 0 Å². The van der Waals surface area contributed by atoms with Crippen molar-refractivity contribution in [2.24, 2.45) is 0 Å². The van der Waals surface area contributed by atoms with Gasteiger partial charge in [-0.15, -0.1) is 0 Å². The zero-order chi connectivity index (χ0) is 15.3. The van der Waals surface area contributed by atoms with Crippen LogP contribution >= 0.6 is 8.58 Å². The van der Waals surface area contributed by atoms with E-state index in [1.54, 1.807) is 0 Å². The number of hydrogen-bond acceptors (Lipinski definition) is 0. The maximum absolute atomic E-state index is 4.03. The van der Waals surface area contributed by atoms with Gasteiger partial charge in [-0.1, -0.05) is 112 Å². The molecule has 0 spiro atoms. The van der Waals surface area contributed by atoms with Crippen molar-refractivity contribution in [3.05, 3.63) is 120 Å². The first-order valence-corrected chi connectivity index (χ1v) is 8.51. The maximum atomic E-state index is 4.03. The van der Waals surface area contributed by atoms with Crippen molar-refractivity contribution in [1.29, 1.82) is 0 Å². The highest BCUT2D eigenvalue weighted by molar-refractivity contribution is 7.43. The van der Waals surface area contributed by atoms with Crippen molar-refractivity contribution in [2.45, 2.75) is 5.16 Å². The van der Waals surface area contributed by atoms with Crippen LogP contribution in [0.2, 0.25) is 0 Å². The monoisotopic (exact) mass is 302 g/mol. The number of rotatable bonds is 5. The van der Waals surface area contributed by atoms with E-state index < -0.39 is 0 Å². The highest BCUT2D eigenvalue weighted by atomic mass is 31.1. The molecule has 0 bridgehead atoms. The van der Waals surface area contributed by atoms with Gasteiger partial charge in [0.25, 0.3) is 0 Å². The van der Waals surface area contributed by atoms with Crippen LogP contribution in [0.4, 0.5) is 0 Å². The van der Waals surface area contributed by atoms with Gasteiger partial charge in [0.2, 0.25) is 0 Å². The molecule has 0 heterocycles. The quantitative estimate of drug-likeness (QED) is 0.413. The predicted molar refractivity (Wildman–Crippen MR) is 97.7 cm³/mol. The van der Waals surface area contributed by atoms with Crippen LogP contribution < -0.4 is 0 Å². The van der Waals surface area contributed by atoms with Gasteiger partial charge in [-0.25, -0.2) is 0 Å². The van der Waals surface area contributed by atoms with Crippen molar-refractivity contribution in [3.63, 3.8) is 0 Å². The van der Waals surface area contributed by atoms with Crippen LogP contribution in [0.5, 0.6) is 0 Å². The van der Waals surface area contributed by atoms with E-state index in [4.69, 9.17) is 0 Å². The van der Waals surface area contributed by atoms with E-state index in [1.165, 1.54) is 16.7 Å². The summed E-state index contributed by atoms with van der Waals surface area (Å²) >= 11 is 0. The van der Waals surface area contributed by atoms with Crippen molar-refractivity contribution < 1.29 is 0 Å². The third-order valence-corrected chi connectivity index (χ3v) is 5.44. The Morgan fingerprint density at radius 1 is 0.591 bits per heavy atom. The average Bonchev–Trinajstić information content (AvgIpc) is 2.62. The van der Waals surface area contributed by atoms with Crippen LogP contribution in [-0.4, -0.2) is 0 Å². The Morgan fingerprint density at radius 3 is 1.18 bits per heavy atom. The van der Waals surface area contributed by atoms with Crippen LogP contribution in [0.1, 0.15) is 16.7 Å². The van der Waals surface area contributed by atoms with Crippen molar-refractivity contribution in [3.8, 4) is 0 Å². The molecule has 0 aromatic heterocycles. The number of hydrogen-bond donors (Lipinski definition) is 0. The van der Waals surface area contributed by atoms with Crippen LogP contribution in [0.25, 0.3) is 0 Å². The molecule has 22 heavy (non-hydrogen) atoms. The van der Waals surface area contributed by atoms with Gasteiger partial charge in [0, 0.05) is 0 Å². The lowest BCUT2D eigenvalue weighted by Crippen LogP contribution is -2.23. The van der Waals surface area contributed by atoms with Crippen molar-refractivity contribution in [2.75, 3.05) is 0 Å². The molecule has 0 saturated heterocycles. The normalized spacial score (nSPS) is 11.6. The molecular formula is C21H19P. The summed E-state index contributed by atoms with van der Waals surface area (Å²) in [4.78, 5) is 0. The standard InChI is InChI=1S/C21H19P/c1-2-22-21(18-12-6-3-7-13-18,19-14-8-4-9-15-19)20-16-10-5-11-17-20/h2-17,22H,1H2. The first kappa shape index (κ1) is 14.8. The fourth-order valence-corrected chi connectivity index (χ4v) is 4.27. The van der Waals surface area contributed by atoms with Gasteiger partial charge in [0.15, 0.2) is 0 Å². The summed E-state index contributed by atoms with van der Waals surface area (Å²) in [6.07, 6.45) is 0. The second-order valence-corrected chi connectivity index (χ2v) is 6.64. The third-order valence-electron chi connectivity index (χ3n) is 3.94. The Labute approximate surface area is 134 Å². The number of benzene rings is 3. The molecule has 1 unspecified atom stereocenters. The molecule has 0 nitrogen and oxygen atoms in total. The van der Waals surface area contributed by atoms with Gasteiger partial charge in [-0.2, -0.15) is 0 Å². The summed E-state index contributed by atoms with van der Waals surface area (Å²) in [6.45, 7) is 4.03. The molecule has 0 aliphatic rings. The summed E-state index contributed by atoms with van der Waals surface area (Å²) in [5, 5.41) is -0.161. The minimum Gasteiger partial charge on any atom is -0.0988 e. The second kappa shape index (κ2) is 6.73. The lowest BCUT2D eigenvalue weighted by Gasteiger charge is -2.35. The molecule has 0 fully saturated rings. The highest BCUT2D eigenvalue weighted by Crippen LogP contribution is 2.52. The molecule has 0 aliphatic carbocycles. The van der Waals surface area contributed by atoms with Crippen LogP contribution in [0, 0.1) is 0 Å². The summed E-state index contributed by atoms with van der Waals surface area (Å²) in [7, 11) is 0.572. The molecule has 1 atom stereocenters. The summed E-state index contributed by atoms with van der Waals surface area (Å²) in [6, 6.07) is 32.2. The molecule has 1 heteroatoms. The van der Waals surface area contributed by atoms with Crippen LogP contribution in [0.15, 0.2) is 103 Å². The lowest BCUT2D eigenvalue weighted by atomic mass is 9.84. The Kier molecular flexibility index (Phi) is 4.51. The topological polar surface area (TPSA) is 0 Å². The van der Waals surface area contributed by atoms with Gasteiger partial charge in [-0.05, 0) is 16.7 Å². The van der Waals surface area contributed by atoms with Gasteiger partial charge in [0.05, 0.1) is 5.16 Å². The van der Waals surface area contributed by atoms with Crippen molar-refractivity contribution >= 4 is 8.58 Å². The molecule has 0 N–H and O–H groups in total. The van der Waals surface area contributed by atoms with E-state index in [0.717, 1.165) is 0 Å². The van der Waals surface area contributed by atoms with Crippen LogP contribution in [-0.2, 0) is 5.16 Å². The van der Waals surface area contributed by atoms with Gasteiger partial charge >= 0.3 is 0 Å². The molecule has 108 valence electrons. The minimum atomic E-state index is -0.161. The molecule has 0 saturated carbocycles. The first-order chi connectivity index (χ1) is 10.9. The SMILES string of the molecule is C=CPC(c1ccccc1)(c1ccccc1)c1ccccc1. The Bertz CT molecular complexity index is 621. The zero-order valence-electron chi connectivity index (χ0n) is 12.4. The third kappa shape index (κ3) is 2.63. The Balaban J connectivity index is 2.31. The molecule has 3 rings (SSSR count). The molecule has 3 aromatic carbocycles. The van der Waals surface area contributed by atoms with Crippen molar-refractivity contribution in [1.82, 2.24) is 0 Å². The molecule has 0 aliphatic heterocycles. The largest absolute Gasteiger partial charge is 0.0988 e. The van der Waals surface area contributed by atoms with E-state index in [2.05, 4.69) is 97.6 Å². The Hall–Kier alpha value is -2.17. The fraction of sp³-hybridized carbons (Fsp3) is 0.0476. The fourth-order valence-electron chi connectivity index (χ4n) is 2.97. The maximum Gasteiger partial charge on any atom is 0.0655 e. The predicted octanol–water partition coefficient (Wildman–Crippen LogP) is 5.80. The first-order valence-electron chi connectivity index (χ1n) is 7.43. The second-order valence-electron chi connectivity index (χ2n) is 5.20. The smallest absolute Gasteiger partial charge is 0.0655 e. The zero-order valence-corrected chi connectivity index (χ0v) is 13.4.